The average Bonchev–Trinajstić information content (AvgIpc) is 2.25. The van der Waals surface area contributed by atoms with Crippen molar-refractivity contribution in [3.8, 4) is 0 Å². The highest BCUT2D eigenvalue weighted by Gasteiger charge is 2.21. The molecule has 1 heterocycles. The lowest BCUT2D eigenvalue weighted by molar-refractivity contribution is 0.713. The van der Waals surface area contributed by atoms with Crippen LogP contribution in [0.4, 0.5) is 5.69 Å². The molecule has 1 aromatic carbocycles. The highest BCUT2D eigenvalue weighted by Crippen LogP contribution is 2.38. The Morgan fingerprint density at radius 3 is 3.06 bits per heavy atom. The first-order chi connectivity index (χ1) is 7.70. The van der Waals surface area contributed by atoms with Gasteiger partial charge in [-0.25, -0.2) is 0 Å². The summed E-state index contributed by atoms with van der Waals surface area (Å²) in [5.74, 6) is 0. The third-order valence-electron chi connectivity index (χ3n) is 2.89. The number of rotatable bonds is 3. The number of nitrogens with zero attached hydrogens (tertiary/aromatic N) is 1. The van der Waals surface area contributed by atoms with Crippen LogP contribution in [-0.2, 0) is 0 Å². The van der Waals surface area contributed by atoms with Crippen molar-refractivity contribution in [1.82, 2.24) is 0 Å². The van der Waals surface area contributed by atoms with Crippen molar-refractivity contribution in [3.05, 3.63) is 23.8 Å². The van der Waals surface area contributed by atoms with E-state index in [1.54, 1.807) is 0 Å². The molecule has 1 aliphatic rings. The van der Waals surface area contributed by atoms with E-state index in [0.717, 1.165) is 26.1 Å². The summed E-state index contributed by atoms with van der Waals surface area (Å²) >= 11 is 1.99. The first-order valence-electron chi connectivity index (χ1n) is 5.93. The summed E-state index contributed by atoms with van der Waals surface area (Å²) in [6.45, 7) is 7.45. The van der Waals surface area contributed by atoms with Gasteiger partial charge in [-0.15, -0.1) is 11.8 Å². The summed E-state index contributed by atoms with van der Waals surface area (Å²) in [7, 11) is 0. The third kappa shape index (κ3) is 2.53. The smallest absolute Gasteiger partial charge is 0.0505 e. The van der Waals surface area contributed by atoms with E-state index in [2.05, 4.69) is 36.9 Å². The molecule has 1 aromatic rings. The normalized spacial score (nSPS) is 19.7. The van der Waals surface area contributed by atoms with Gasteiger partial charge in [0.05, 0.1) is 5.69 Å². The molecular formula is C13H20N2S. The summed E-state index contributed by atoms with van der Waals surface area (Å²) in [4.78, 5) is 3.90. The number of hydrogen-bond acceptors (Lipinski definition) is 3. The third-order valence-corrected chi connectivity index (χ3v) is 4.03. The SMILES string of the molecule is Cc1ccc2c(c1)SC(C)CN2CCCN. The maximum atomic E-state index is 5.59. The van der Waals surface area contributed by atoms with Gasteiger partial charge < -0.3 is 10.6 Å². The Hall–Kier alpha value is -0.670. The second-order valence-corrected chi connectivity index (χ2v) is 5.97. The van der Waals surface area contributed by atoms with Gasteiger partial charge in [-0.1, -0.05) is 13.0 Å². The van der Waals surface area contributed by atoms with Crippen molar-refractivity contribution in [2.24, 2.45) is 5.73 Å². The number of nitrogens with two attached hydrogens (primary N) is 1. The molecule has 16 heavy (non-hydrogen) atoms. The van der Waals surface area contributed by atoms with Crippen LogP contribution in [0.2, 0.25) is 0 Å². The molecule has 0 bridgehead atoms. The minimum absolute atomic E-state index is 0.673. The maximum absolute atomic E-state index is 5.59. The fourth-order valence-corrected chi connectivity index (χ4v) is 3.39. The number of benzene rings is 1. The molecule has 0 radical (unpaired) electrons. The Morgan fingerprint density at radius 1 is 1.50 bits per heavy atom. The molecule has 3 heteroatoms. The van der Waals surface area contributed by atoms with Crippen molar-refractivity contribution < 1.29 is 0 Å². The van der Waals surface area contributed by atoms with Crippen molar-refractivity contribution in [2.75, 3.05) is 24.5 Å². The molecular weight excluding hydrogens is 216 g/mol. The molecule has 1 atom stereocenters. The van der Waals surface area contributed by atoms with Crippen LogP contribution in [-0.4, -0.2) is 24.9 Å². The van der Waals surface area contributed by atoms with Crippen molar-refractivity contribution in [2.45, 2.75) is 30.4 Å². The molecule has 0 fully saturated rings. The standard InChI is InChI=1S/C13H20N2S/c1-10-4-5-12-13(8-10)16-11(2)9-15(12)7-3-6-14/h4-5,8,11H,3,6-7,9,14H2,1-2H3. The average molecular weight is 236 g/mol. The molecule has 0 aliphatic carbocycles. The van der Waals surface area contributed by atoms with E-state index in [1.807, 2.05) is 11.8 Å². The Balaban J connectivity index is 2.23. The summed E-state index contributed by atoms with van der Waals surface area (Å²) in [6, 6.07) is 6.75. The van der Waals surface area contributed by atoms with Gasteiger partial charge in [0.15, 0.2) is 0 Å². The zero-order chi connectivity index (χ0) is 11.5. The number of anilines is 1. The van der Waals surface area contributed by atoms with Crippen LogP contribution in [0.5, 0.6) is 0 Å². The topological polar surface area (TPSA) is 29.3 Å². The van der Waals surface area contributed by atoms with E-state index in [4.69, 9.17) is 5.73 Å². The number of aryl methyl sites for hydroxylation is 1. The molecule has 0 aromatic heterocycles. The summed E-state index contributed by atoms with van der Waals surface area (Å²) < 4.78 is 0. The molecule has 0 amide bonds. The van der Waals surface area contributed by atoms with E-state index in [-0.39, 0.29) is 0 Å². The molecule has 1 aliphatic heterocycles. The van der Waals surface area contributed by atoms with Gasteiger partial charge in [0.2, 0.25) is 0 Å². The molecule has 0 saturated carbocycles. The largest absolute Gasteiger partial charge is 0.369 e. The van der Waals surface area contributed by atoms with Gasteiger partial charge in [0.1, 0.15) is 0 Å². The lowest BCUT2D eigenvalue weighted by Crippen LogP contribution is -2.34. The van der Waals surface area contributed by atoms with Crippen LogP contribution in [0.1, 0.15) is 18.9 Å². The Kier molecular flexibility index (Phi) is 3.77. The number of hydrogen-bond donors (Lipinski definition) is 1. The van der Waals surface area contributed by atoms with Gasteiger partial charge in [-0.2, -0.15) is 0 Å². The van der Waals surface area contributed by atoms with Gasteiger partial charge >= 0.3 is 0 Å². The van der Waals surface area contributed by atoms with Gasteiger partial charge in [-0.3, -0.25) is 0 Å². The van der Waals surface area contributed by atoms with Crippen LogP contribution < -0.4 is 10.6 Å². The highest BCUT2D eigenvalue weighted by molar-refractivity contribution is 8.00. The van der Waals surface area contributed by atoms with Crippen LogP contribution in [0.25, 0.3) is 0 Å². The van der Waals surface area contributed by atoms with Gasteiger partial charge in [-0.05, 0) is 37.6 Å². The predicted molar refractivity (Wildman–Crippen MR) is 72.4 cm³/mol. The summed E-state index contributed by atoms with van der Waals surface area (Å²) in [5, 5.41) is 0.673. The van der Waals surface area contributed by atoms with Gasteiger partial charge in [0.25, 0.3) is 0 Å². The van der Waals surface area contributed by atoms with Gasteiger partial charge in [0, 0.05) is 23.2 Å². The Labute approximate surface area is 102 Å². The fraction of sp³-hybridized carbons (Fsp3) is 0.538. The van der Waals surface area contributed by atoms with E-state index in [1.165, 1.54) is 16.1 Å². The maximum Gasteiger partial charge on any atom is 0.0505 e. The van der Waals surface area contributed by atoms with Crippen LogP contribution in [0.15, 0.2) is 23.1 Å². The lowest BCUT2D eigenvalue weighted by Gasteiger charge is -2.34. The van der Waals surface area contributed by atoms with Crippen molar-refractivity contribution >= 4 is 17.4 Å². The molecule has 1 unspecified atom stereocenters. The molecule has 2 N–H and O–H groups in total. The zero-order valence-electron chi connectivity index (χ0n) is 10.1. The van der Waals surface area contributed by atoms with Crippen LogP contribution in [0.3, 0.4) is 0 Å². The highest BCUT2D eigenvalue weighted by atomic mass is 32.2. The first kappa shape index (κ1) is 11.8. The molecule has 2 rings (SSSR count). The molecule has 88 valence electrons. The first-order valence-corrected chi connectivity index (χ1v) is 6.81. The minimum atomic E-state index is 0.673. The number of fused-ring (bicyclic) bond motifs is 1. The predicted octanol–water partition coefficient (Wildman–Crippen LogP) is 2.64. The monoisotopic (exact) mass is 236 g/mol. The lowest BCUT2D eigenvalue weighted by atomic mass is 10.2. The van der Waals surface area contributed by atoms with Crippen molar-refractivity contribution in [3.63, 3.8) is 0 Å². The van der Waals surface area contributed by atoms with Crippen LogP contribution in [0, 0.1) is 6.92 Å². The Bertz CT molecular complexity index is 365. The van der Waals surface area contributed by atoms with E-state index < -0.39 is 0 Å². The summed E-state index contributed by atoms with van der Waals surface area (Å²) in [6.07, 6.45) is 1.07. The zero-order valence-corrected chi connectivity index (χ0v) is 10.9. The fourth-order valence-electron chi connectivity index (χ4n) is 2.13. The second-order valence-electron chi connectivity index (χ2n) is 4.49. The second kappa shape index (κ2) is 5.11. The number of thioether (sulfide) groups is 1. The van der Waals surface area contributed by atoms with Crippen LogP contribution >= 0.6 is 11.8 Å². The quantitative estimate of drug-likeness (QED) is 0.875. The molecule has 2 nitrogen and oxygen atoms in total. The Morgan fingerprint density at radius 2 is 2.31 bits per heavy atom. The summed E-state index contributed by atoms with van der Waals surface area (Å²) in [5.41, 5.74) is 8.33. The van der Waals surface area contributed by atoms with E-state index in [9.17, 15) is 0 Å². The van der Waals surface area contributed by atoms with Crippen molar-refractivity contribution in [1.29, 1.82) is 0 Å². The van der Waals surface area contributed by atoms with E-state index in [0.29, 0.717) is 5.25 Å². The minimum Gasteiger partial charge on any atom is -0.369 e. The molecule has 0 saturated heterocycles. The van der Waals surface area contributed by atoms with E-state index >= 15 is 0 Å². The molecule has 0 spiro atoms.